The monoisotopic (exact) mass is 274 g/mol. The zero-order valence-corrected chi connectivity index (χ0v) is 12.6. The van der Waals surface area contributed by atoms with Gasteiger partial charge in [-0.3, -0.25) is 4.79 Å². The van der Waals surface area contributed by atoms with E-state index in [9.17, 15) is 4.79 Å². The lowest BCUT2D eigenvalue weighted by molar-refractivity contribution is -0.115. The summed E-state index contributed by atoms with van der Waals surface area (Å²) in [6.45, 7) is 4.15. The van der Waals surface area contributed by atoms with Crippen LogP contribution in [0.25, 0.3) is 0 Å². The fourth-order valence-electron chi connectivity index (χ4n) is 2.93. The Balaban J connectivity index is 1.88. The highest BCUT2D eigenvalue weighted by molar-refractivity contribution is 5.90. The molecule has 1 fully saturated rings. The lowest BCUT2D eigenvalue weighted by Gasteiger charge is -2.29. The second-order valence-corrected chi connectivity index (χ2v) is 5.76. The van der Waals surface area contributed by atoms with Gasteiger partial charge in [-0.05, 0) is 43.0 Å². The first-order chi connectivity index (χ1) is 9.71. The van der Waals surface area contributed by atoms with Gasteiger partial charge in [0.1, 0.15) is 0 Å². The molecule has 1 aliphatic rings. The number of rotatable bonds is 5. The SMILES string of the molecule is CCC(=O)Nc1ccc(NC2CCCC(CC)C2)cc1. The third kappa shape index (κ3) is 4.26. The summed E-state index contributed by atoms with van der Waals surface area (Å²) < 4.78 is 0. The molecule has 3 nitrogen and oxygen atoms in total. The molecule has 2 unspecified atom stereocenters. The summed E-state index contributed by atoms with van der Waals surface area (Å²) in [6.07, 6.45) is 7.08. The summed E-state index contributed by atoms with van der Waals surface area (Å²) in [5.74, 6) is 0.938. The van der Waals surface area contributed by atoms with Gasteiger partial charge in [-0.25, -0.2) is 0 Å². The molecular formula is C17H26N2O. The maximum atomic E-state index is 11.3. The largest absolute Gasteiger partial charge is 0.382 e. The minimum atomic E-state index is 0.0591. The van der Waals surface area contributed by atoms with Crippen molar-refractivity contribution in [3.8, 4) is 0 Å². The number of hydrogen-bond donors (Lipinski definition) is 2. The molecule has 0 bridgehead atoms. The highest BCUT2D eigenvalue weighted by Gasteiger charge is 2.20. The zero-order valence-electron chi connectivity index (χ0n) is 12.6. The summed E-state index contributed by atoms with van der Waals surface area (Å²) in [6, 6.07) is 8.65. The van der Waals surface area contributed by atoms with Crippen molar-refractivity contribution in [1.29, 1.82) is 0 Å². The Kier molecular flexibility index (Phi) is 5.45. The molecule has 20 heavy (non-hydrogen) atoms. The number of anilines is 2. The molecule has 1 aromatic carbocycles. The summed E-state index contributed by atoms with van der Waals surface area (Å²) in [7, 11) is 0. The predicted octanol–water partition coefficient (Wildman–Crippen LogP) is 4.42. The maximum Gasteiger partial charge on any atom is 0.224 e. The lowest BCUT2D eigenvalue weighted by atomic mass is 9.84. The van der Waals surface area contributed by atoms with Crippen LogP contribution in [0.4, 0.5) is 11.4 Å². The predicted molar refractivity (Wildman–Crippen MR) is 85.0 cm³/mol. The van der Waals surface area contributed by atoms with Crippen LogP contribution in [0.2, 0.25) is 0 Å². The summed E-state index contributed by atoms with van der Waals surface area (Å²) >= 11 is 0. The Morgan fingerprint density at radius 3 is 2.50 bits per heavy atom. The number of carbonyl (C=O) groups excluding carboxylic acids is 1. The van der Waals surface area contributed by atoms with Crippen molar-refractivity contribution >= 4 is 17.3 Å². The first kappa shape index (κ1) is 14.9. The molecule has 0 aromatic heterocycles. The molecule has 1 saturated carbocycles. The minimum absolute atomic E-state index is 0.0591. The smallest absolute Gasteiger partial charge is 0.224 e. The van der Waals surface area contributed by atoms with Gasteiger partial charge in [0.2, 0.25) is 5.91 Å². The lowest BCUT2D eigenvalue weighted by Crippen LogP contribution is -2.27. The van der Waals surface area contributed by atoms with Crippen molar-refractivity contribution in [3.63, 3.8) is 0 Å². The Morgan fingerprint density at radius 2 is 1.85 bits per heavy atom. The molecule has 1 aromatic rings. The molecule has 0 saturated heterocycles. The van der Waals surface area contributed by atoms with Gasteiger partial charge < -0.3 is 10.6 Å². The molecule has 110 valence electrons. The second-order valence-electron chi connectivity index (χ2n) is 5.76. The van der Waals surface area contributed by atoms with E-state index in [4.69, 9.17) is 0 Å². The number of benzene rings is 1. The van der Waals surface area contributed by atoms with Gasteiger partial charge >= 0.3 is 0 Å². The molecule has 1 aliphatic carbocycles. The van der Waals surface area contributed by atoms with Crippen LogP contribution in [0, 0.1) is 5.92 Å². The third-order valence-corrected chi connectivity index (χ3v) is 4.22. The molecule has 0 radical (unpaired) electrons. The second kappa shape index (κ2) is 7.32. The maximum absolute atomic E-state index is 11.3. The average molecular weight is 274 g/mol. The Bertz CT molecular complexity index is 427. The van der Waals surface area contributed by atoms with E-state index in [1.165, 1.54) is 32.1 Å². The van der Waals surface area contributed by atoms with Crippen LogP contribution in [-0.4, -0.2) is 11.9 Å². The van der Waals surface area contributed by atoms with Crippen molar-refractivity contribution in [1.82, 2.24) is 0 Å². The van der Waals surface area contributed by atoms with Gasteiger partial charge in [-0.15, -0.1) is 0 Å². The summed E-state index contributed by atoms with van der Waals surface area (Å²) in [4.78, 5) is 11.3. The van der Waals surface area contributed by atoms with E-state index < -0.39 is 0 Å². The van der Waals surface area contributed by atoms with Crippen molar-refractivity contribution in [3.05, 3.63) is 24.3 Å². The van der Waals surface area contributed by atoms with E-state index >= 15 is 0 Å². The van der Waals surface area contributed by atoms with Crippen molar-refractivity contribution in [2.75, 3.05) is 10.6 Å². The quantitative estimate of drug-likeness (QED) is 0.834. The van der Waals surface area contributed by atoms with Crippen molar-refractivity contribution in [2.45, 2.75) is 58.4 Å². The molecule has 2 rings (SSSR count). The van der Waals surface area contributed by atoms with Gasteiger partial charge in [-0.1, -0.05) is 33.1 Å². The van der Waals surface area contributed by atoms with Crippen LogP contribution in [0.5, 0.6) is 0 Å². The van der Waals surface area contributed by atoms with Gasteiger partial charge in [0.25, 0.3) is 0 Å². The molecular weight excluding hydrogens is 248 g/mol. The van der Waals surface area contributed by atoms with Gasteiger partial charge in [0.05, 0.1) is 0 Å². The van der Waals surface area contributed by atoms with Crippen LogP contribution in [0.1, 0.15) is 52.4 Å². The van der Waals surface area contributed by atoms with E-state index in [2.05, 4.69) is 29.7 Å². The first-order valence-corrected chi connectivity index (χ1v) is 7.87. The normalized spacial score (nSPS) is 22.3. The van der Waals surface area contributed by atoms with E-state index in [0.29, 0.717) is 12.5 Å². The molecule has 3 heteroatoms. The molecule has 0 aliphatic heterocycles. The van der Waals surface area contributed by atoms with Gasteiger partial charge in [0.15, 0.2) is 0 Å². The van der Waals surface area contributed by atoms with Crippen LogP contribution in [-0.2, 0) is 4.79 Å². The first-order valence-electron chi connectivity index (χ1n) is 7.87. The number of amides is 1. The van der Waals surface area contributed by atoms with Crippen molar-refractivity contribution in [2.24, 2.45) is 5.92 Å². The molecule has 0 heterocycles. The third-order valence-electron chi connectivity index (χ3n) is 4.22. The van der Waals surface area contributed by atoms with E-state index in [1.54, 1.807) is 0 Å². The zero-order chi connectivity index (χ0) is 14.4. The van der Waals surface area contributed by atoms with Crippen LogP contribution in [0.15, 0.2) is 24.3 Å². The van der Waals surface area contributed by atoms with Crippen molar-refractivity contribution < 1.29 is 4.79 Å². The van der Waals surface area contributed by atoms with Gasteiger partial charge in [0, 0.05) is 23.8 Å². The summed E-state index contributed by atoms with van der Waals surface area (Å²) in [5.41, 5.74) is 2.03. The topological polar surface area (TPSA) is 41.1 Å². The van der Waals surface area contributed by atoms with E-state index in [-0.39, 0.29) is 5.91 Å². The Labute approximate surface area is 122 Å². The molecule has 0 spiro atoms. The van der Waals surface area contributed by atoms with E-state index in [0.717, 1.165) is 17.3 Å². The molecule has 1 amide bonds. The Morgan fingerprint density at radius 1 is 1.15 bits per heavy atom. The number of carbonyl (C=O) groups is 1. The minimum Gasteiger partial charge on any atom is -0.382 e. The fourth-order valence-corrected chi connectivity index (χ4v) is 2.93. The van der Waals surface area contributed by atoms with Crippen LogP contribution >= 0.6 is 0 Å². The average Bonchev–Trinajstić information content (AvgIpc) is 2.49. The summed E-state index contributed by atoms with van der Waals surface area (Å²) in [5, 5.41) is 6.50. The van der Waals surface area contributed by atoms with E-state index in [1.807, 2.05) is 19.1 Å². The highest BCUT2D eigenvalue weighted by Crippen LogP contribution is 2.28. The highest BCUT2D eigenvalue weighted by atomic mass is 16.1. The van der Waals surface area contributed by atoms with Crippen LogP contribution < -0.4 is 10.6 Å². The molecule has 2 N–H and O–H groups in total. The number of hydrogen-bond acceptors (Lipinski definition) is 2. The number of nitrogens with one attached hydrogen (secondary N) is 2. The Hall–Kier alpha value is -1.51. The standard InChI is InChI=1S/C17H26N2O/c1-3-13-6-5-7-16(12-13)18-14-8-10-15(11-9-14)19-17(20)4-2/h8-11,13,16,18H,3-7,12H2,1-2H3,(H,19,20). The van der Waals surface area contributed by atoms with Gasteiger partial charge in [-0.2, -0.15) is 0 Å². The fraction of sp³-hybridized carbons (Fsp3) is 0.588. The molecule has 2 atom stereocenters. The van der Waals surface area contributed by atoms with Crippen LogP contribution in [0.3, 0.4) is 0 Å².